The highest BCUT2D eigenvalue weighted by atomic mass is 16.6. The summed E-state index contributed by atoms with van der Waals surface area (Å²) in [6, 6.07) is 3.34. The van der Waals surface area contributed by atoms with E-state index < -0.39 is 11.7 Å². The van der Waals surface area contributed by atoms with E-state index in [9.17, 15) is 4.79 Å². The number of pyridine rings is 1. The molecule has 1 aromatic rings. The predicted octanol–water partition coefficient (Wildman–Crippen LogP) is -0.414. The average Bonchev–Trinajstić information content (AvgIpc) is 2.42. The first-order valence-corrected chi connectivity index (χ1v) is 7.22. The van der Waals surface area contributed by atoms with Gasteiger partial charge in [-0.3, -0.25) is 4.98 Å². The second-order valence-electron chi connectivity index (χ2n) is 5.91. The van der Waals surface area contributed by atoms with E-state index in [0.29, 0.717) is 30.7 Å². The monoisotopic (exact) mass is 318 g/mol. The minimum atomic E-state index is -0.519. The van der Waals surface area contributed by atoms with E-state index in [-0.39, 0.29) is 5.84 Å². The SMILES string of the molecule is [B]c1ccc(/C(N)=N/N(N)CCCNC(=O)OC(C)(C)C)nc1. The second-order valence-corrected chi connectivity index (χ2v) is 5.91. The molecule has 0 aliphatic rings. The Hall–Kier alpha value is -2.29. The number of hydrogen-bond acceptors (Lipinski definition) is 6. The van der Waals surface area contributed by atoms with E-state index in [1.807, 2.05) is 0 Å². The van der Waals surface area contributed by atoms with E-state index in [2.05, 4.69) is 15.4 Å². The van der Waals surface area contributed by atoms with Crippen LogP contribution in [0.25, 0.3) is 0 Å². The fourth-order valence-corrected chi connectivity index (χ4v) is 1.54. The van der Waals surface area contributed by atoms with Crippen molar-refractivity contribution in [3.63, 3.8) is 0 Å². The Labute approximate surface area is 137 Å². The molecule has 1 amide bonds. The van der Waals surface area contributed by atoms with Crippen molar-refractivity contribution in [1.29, 1.82) is 0 Å². The van der Waals surface area contributed by atoms with Gasteiger partial charge in [0.2, 0.25) is 0 Å². The molecule has 23 heavy (non-hydrogen) atoms. The van der Waals surface area contributed by atoms with Gasteiger partial charge in [-0.15, -0.1) is 5.10 Å². The number of aromatic nitrogens is 1. The van der Waals surface area contributed by atoms with Gasteiger partial charge < -0.3 is 15.8 Å². The number of nitrogens with one attached hydrogen (secondary N) is 1. The van der Waals surface area contributed by atoms with Crippen LogP contribution in [0.2, 0.25) is 0 Å². The van der Waals surface area contributed by atoms with Gasteiger partial charge in [-0.25, -0.2) is 15.8 Å². The van der Waals surface area contributed by atoms with Crippen molar-refractivity contribution >= 4 is 25.2 Å². The Bertz CT molecular complexity index is 541. The molecular formula is C14H23BN6O2. The largest absolute Gasteiger partial charge is 0.444 e. The summed E-state index contributed by atoms with van der Waals surface area (Å²) in [6.07, 6.45) is 1.61. The van der Waals surface area contributed by atoms with Crippen molar-refractivity contribution in [3.8, 4) is 0 Å². The van der Waals surface area contributed by atoms with Crippen LogP contribution in [0.5, 0.6) is 0 Å². The van der Waals surface area contributed by atoms with Crippen LogP contribution in [0.3, 0.4) is 0 Å². The molecule has 0 aromatic carbocycles. The summed E-state index contributed by atoms with van der Waals surface area (Å²) in [5, 5.41) is 7.85. The van der Waals surface area contributed by atoms with Gasteiger partial charge in [-0.1, -0.05) is 11.5 Å². The number of ether oxygens (including phenoxy) is 1. The molecule has 8 nitrogen and oxygen atoms in total. The van der Waals surface area contributed by atoms with Crippen LogP contribution in [0.1, 0.15) is 32.9 Å². The first kappa shape index (κ1) is 18.8. The number of carbonyl (C=O) groups is 1. The van der Waals surface area contributed by atoms with Crippen LogP contribution in [0, 0.1) is 0 Å². The van der Waals surface area contributed by atoms with Gasteiger partial charge >= 0.3 is 6.09 Å². The maximum absolute atomic E-state index is 11.4. The lowest BCUT2D eigenvalue weighted by molar-refractivity contribution is 0.0525. The lowest BCUT2D eigenvalue weighted by atomic mass is 9.99. The highest BCUT2D eigenvalue weighted by Gasteiger charge is 2.15. The summed E-state index contributed by atoms with van der Waals surface area (Å²) < 4.78 is 5.12. The standard InChI is InChI=1S/C14H23BN6O2/c1-14(2,3)23-13(22)18-7-4-8-21(17)20-12(16)11-6-5-10(15)9-19-11/h5-6,9H,4,7-8,17H2,1-3H3,(H2,16,20)(H,18,22). The number of amides is 1. The Morgan fingerprint density at radius 2 is 2.17 bits per heavy atom. The molecule has 0 unspecified atom stereocenters. The van der Waals surface area contributed by atoms with Gasteiger partial charge in [0.1, 0.15) is 19.1 Å². The van der Waals surface area contributed by atoms with Gasteiger partial charge in [-0.2, -0.15) is 0 Å². The molecule has 0 atom stereocenters. The Balaban J connectivity index is 2.33. The van der Waals surface area contributed by atoms with Crippen LogP contribution < -0.4 is 22.4 Å². The molecule has 0 bridgehead atoms. The third kappa shape index (κ3) is 8.05. The molecule has 1 aromatic heterocycles. The van der Waals surface area contributed by atoms with E-state index in [0.717, 1.165) is 0 Å². The topological polar surface area (TPSA) is 119 Å². The Morgan fingerprint density at radius 1 is 1.48 bits per heavy atom. The van der Waals surface area contributed by atoms with E-state index in [4.69, 9.17) is 24.2 Å². The number of rotatable bonds is 6. The number of hydrazone groups is 1. The highest BCUT2D eigenvalue weighted by Crippen LogP contribution is 2.06. The molecule has 124 valence electrons. The molecule has 0 spiro atoms. The first-order valence-electron chi connectivity index (χ1n) is 7.22. The maximum atomic E-state index is 11.4. The fraction of sp³-hybridized carbons (Fsp3) is 0.500. The van der Waals surface area contributed by atoms with E-state index in [1.165, 1.54) is 11.3 Å². The molecule has 2 radical (unpaired) electrons. The van der Waals surface area contributed by atoms with Crippen molar-refractivity contribution in [3.05, 3.63) is 24.0 Å². The number of hydrazine groups is 1. The molecule has 0 aliphatic carbocycles. The number of amidine groups is 1. The van der Waals surface area contributed by atoms with Crippen LogP contribution in [-0.2, 0) is 4.74 Å². The predicted molar refractivity (Wildman–Crippen MR) is 90.1 cm³/mol. The van der Waals surface area contributed by atoms with Gasteiger partial charge in [0.15, 0.2) is 5.84 Å². The zero-order valence-corrected chi connectivity index (χ0v) is 13.7. The van der Waals surface area contributed by atoms with Crippen LogP contribution in [0.4, 0.5) is 4.79 Å². The number of hydrogen-bond donors (Lipinski definition) is 3. The summed E-state index contributed by atoms with van der Waals surface area (Å²) >= 11 is 0. The van der Waals surface area contributed by atoms with Crippen LogP contribution >= 0.6 is 0 Å². The first-order chi connectivity index (χ1) is 10.7. The minimum Gasteiger partial charge on any atom is -0.444 e. The van der Waals surface area contributed by atoms with Crippen molar-refractivity contribution in [2.24, 2.45) is 16.7 Å². The van der Waals surface area contributed by atoms with Crippen molar-refractivity contribution < 1.29 is 9.53 Å². The quantitative estimate of drug-likeness (QED) is 0.164. The summed E-state index contributed by atoms with van der Waals surface area (Å²) in [6.45, 7) is 6.23. The average molecular weight is 318 g/mol. The molecule has 0 saturated carbocycles. The molecule has 0 fully saturated rings. The Morgan fingerprint density at radius 3 is 2.74 bits per heavy atom. The Kier molecular flexibility index (Phi) is 6.83. The number of nitrogens with zero attached hydrogens (tertiary/aromatic N) is 3. The van der Waals surface area contributed by atoms with E-state index in [1.54, 1.807) is 32.9 Å². The number of alkyl carbamates (subject to hydrolysis) is 1. The lowest BCUT2D eigenvalue weighted by Gasteiger charge is -2.20. The molecule has 1 rings (SSSR count). The third-order valence-corrected chi connectivity index (χ3v) is 2.52. The second kappa shape index (κ2) is 8.37. The van der Waals surface area contributed by atoms with Crippen molar-refractivity contribution in [1.82, 2.24) is 15.4 Å². The zero-order chi connectivity index (χ0) is 17.5. The minimum absolute atomic E-state index is 0.188. The molecule has 0 aliphatic heterocycles. The van der Waals surface area contributed by atoms with Gasteiger partial charge in [-0.05, 0) is 33.3 Å². The van der Waals surface area contributed by atoms with Crippen molar-refractivity contribution in [2.45, 2.75) is 32.8 Å². The van der Waals surface area contributed by atoms with E-state index >= 15 is 0 Å². The van der Waals surface area contributed by atoms with Crippen LogP contribution in [-0.4, -0.2) is 48.6 Å². The normalized spacial score (nSPS) is 11.9. The summed E-state index contributed by atoms with van der Waals surface area (Å²) in [4.78, 5) is 15.5. The third-order valence-electron chi connectivity index (χ3n) is 2.52. The van der Waals surface area contributed by atoms with Crippen molar-refractivity contribution in [2.75, 3.05) is 13.1 Å². The fourth-order valence-electron chi connectivity index (χ4n) is 1.54. The number of carbonyl (C=O) groups excluding carboxylic acids is 1. The van der Waals surface area contributed by atoms with Gasteiger partial charge in [0, 0.05) is 12.7 Å². The molecule has 5 N–H and O–H groups in total. The summed E-state index contributed by atoms with van der Waals surface area (Å²) in [7, 11) is 5.55. The highest BCUT2D eigenvalue weighted by molar-refractivity contribution is 6.32. The van der Waals surface area contributed by atoms with Gasteiger partial charge in [0.05, 0.1) is 6.54 Å². The lowest BCUT2D eigenvalue weighted by Crippen LogP contribution is -2.35. The summed E-state index contributed by atoms with van der Waals surface area (Å²) in [5.41, 5.74) is 6.31. The summed E-state index contributed by atoms with van der Waals surface area (Å²) in [5.74, 6) is 5.92. The van der Waals surface area contributed by atoms with Crippen LogP contribution in [0.15, 0.2) is 23.4 Å². The smallest absolute Gasteiger partial charge is 0.407 e. The molecule has 0 saturated heterocycles. The molecule has 1 heterocycles. The number of nitrogens with two attached hydrogens (primary N) is 2. The zero-order valence-electron chi connectivity index (χ0n) is 13.7. The molecule has 9 heteroatoms. The molecular weight excluding hydrogens is 295 g/mol. The maximum Gasteiger partial charge on any atom is 0.407 e. The van der Waals surface area contributed by atoms with Gasteiger partial charge in [0.25, 0.3) is 0 Å².